The van der Waals surface area contributed by atoms with Gasteiger partial charge in [-0.15, -0.1) is 11.3 Å². The van der Waals surface area contributed by atoms with Crippen molar-refractivity contribution in [1.82, 2.24) is 9.97 Å². The van der Waals surface area contributed by atoms with Gasteiger partial charge in [-0.2, -0.15) is 0 Å². The van der Waals surface area contributed by atoms with E-state index < -0.39 is 15.8 Å². The standard InChI is InChI=1S/C16H11N3O4S2/c20-16-18-12-7-6-10(8-14(12)23-16)13-9-24-15(17-13)19-25(21,22)11-4-2-1-3-5-11/h1-9H,(H,17,19)(H,18,20). The lowest BCUT2D eigenvalue weighted by molar-refractivity contribution is 0.555. The summed E-state index contributed by atoms with van der Waals surface area (Å²) >= 11 is 1.17. The quantitative estimate of drug-likeness (QED) is 0.572. The molecule has 25 heavy (non-hydrogen) atoms. The average molecular weight is 373 g/mol. The highest BCUT2D eigenvalue weighted by Gasteiger charge is 2.16. The fourth-order valence-electron chi connectivity index (χ4n) is 2.33. The molecule has 0 bridgehead atoms. The molecule has 126 valence electrons. The number of H-pyrrole nitrogens is 1. The third kappa shape index (κ3) is 3.06. The van der Waals surface area contributed by atoms with Crippen LogP contribution in [-0.4, -0.2) is 18.4 Å². The van der Waals surface area contributed by atoms with Crippen molar-refractivity contribution in [2.45, 2.75) is 4.90 Å². The maximum absolute atomic E-state index is 12.3. The molecule has 0 radical (unpaired) electrons. The number of anilines is 1. The van der Waals surface area contributed by atoms with E-state index in [0.29, 0.717) is 16.8 Å². The Kier molecular flexibility index (Phi) is 3.66. The van der Waals surface area contributed by atoms with E-state index in [1.807, 2.05) is 0 Å². The fraction of sp³-hybridized carbons (Fsp3) is 0. The van der Waals surface area contributed by atoms with Gasteiger partial charge in [0.1, 0.15) is 0 Å². The summed E-state index contributed by atoms with van der Waals surface area (Å²) in [4.78, 5) is 18.3. The Morgan fingerprint density at radius 2 is 1.92 bits per heavy atom. The zero-order valence-electron chi connectivity index (χ0n) is 12.6. The summed E-state index contributed by atoms with van der Waals surface area (Å²) in [6.45, 7) is 0. The van der Waals surface area contributed by atoms with Crippen LogP contribution in [0.5, 0.6) is 0 Å². The molecule has 0 aliphatic heterocycles. The van der Waals surface area contributed by atoms with E-state index in [2.05, 4.69) is 14.7 Å². The summed E-state index contributed by atoms with van der Waals surface area (Å²) in [5, 5.41) is 1.99. The van der Waals surface area contributed by atoms with Crippen LogP contribution in [0.15, 0.2) is 68.0 Å². The zero-order chi connectivity index (χ0) is 17.4. The number of nitrogens with one attached hydrogen (secondary N) is 2. The molecule has 4 rings (SSSR count). The van der Waals surface area contributed by atoms with Crippen LogP contribution < -0.4 is 10.5 Å². The zero-order valence-corrected chi connectivity index (χ0v) is 14.2. The summed E-state index contributed by atoms with van der Waals surface area (Å²) in [6.07, 6.45) is 0. The first-order valence-corrected chi connectivity index (χ1v) is 9.54. The summed E-state index contributed by atoms with van der Waals surface area (Å²) < 4.78 is 32.1. The van der Waals surface area contributed by atoms with Crippen LogP contribution >= 0.6 is 11.3 Å². The Bertz CT molecular complexity index is 1210. The van der Waals surface area contributed by atoms with Gasteiger partial charge in [0.15, 0.2) is 10.7 Å². The first kappa shape index (κ1) is 15.6. The number of benzene rings is 2. The Labute approximate surface area is 146 Å². The van der Waals surface area contributed by atoms with E-state index in [-0.39, 0.29) is 10.0 Å². The molecule has 0 unspecified atom stereocenters. The second-order valence-electron chi connectivity index (χ2n) is 5.18. The number of sulfonamides is 1. The molecule has 2 aromatic carbocycles. The maximum Gasteiger partial charge on any atom is 0.417 e. The van der Waals surface area contributed by atoms with Crippen LogP contribution in [0.25, 0.3) is 22.4 Å². The van der Waals surface area contributed by atoms with Gasteiger partial charge in [0.25, 0.3) is 10.0 Å². The van der Waals surface area contributed by atoms with Gasteiger partial charge < -0.3 is 4.42 Å². The van der Waals surface area contributed by atoms with Crippen LogP contribution in [0.3, 0.4) is 0 Å². The van der Waals surface area contributed by atoms with Crippen LogP contribution in [0.1, 0.15) is 0 Å². The number of fused-ring (bicyclic) bond motifs is 1. The molecule has 0 fully saturated rings. The Balaban J connectivity index is 1.64. The molecule has 4 aromatic rings. The van der Waals surface area contributed by atoms with Gasteiger partial charge in [0.05, 0.1) is 16.1 Å². The lowest BCUT2D eigenvalue weighted by Crippen LogP contribution is -2.12. The highest BCUT2D eigenvalue weighted by Crippen LogP contribution is 2.28. The monoisotopic (exact) mass is 373 g/mol. The topological polar surface area (TPSA) is 105 Å². The first-order valence-electron chi connectivity index (χ1n) is 7.18. The molecule has 2 N–H and O–H groups in total. The Hall–Kier alpha value is -2.91. The second-order valence-corrected chi connectivity index (χ2v) is 7.72. The van der Waals surface area contributed by atoms with E-state index in [1.165, 1.54) is 23.5 Å². The van der Waals surface area contributed by atoms with Crippen LogP contribution in [0, 0.1) is 0 Å². The lowest BCUT2D eigenvalue weighted by Gasteiger charge is -2.04. The number of nitrogens with zero attached hydrogens (tertiary/aromatic N) is 1. The second kappa shape index (κ2) is 5.87. The SMILES string of the molecule is O=c1[nH]c2ccc(-c3csc(NS(=O)(=O)c4ccccc4)n3)cc2o1. The molecular weight excluding hydrogens is 362 g/mol. The van der Waals surface area contributed by atoms with Gasteiger partial charge >= 0.3 is 5.76 Å². The highest BCUT2D eigenvalue weighted by molar-refractivity contribution is 7.93. The lowest BCUT2D eigenvalue weighted by atomic mass is 10.1. The third-order valence-corrected chi connectivity index (χ3v) is 5.74. The molecule has 0 atom stereocenters. The molecule has 2 heterocycles. The molecule has 9 heteroatoms. The van der Waals surface area contributed by atoms with Crippen molar-refractivity contribution in [1.29, 1.82) is 0 Å². The molecule has 0 aliphatic carbocycles. The van der Waals surface area contributed by atoms with Gasteiger partial charge in [0, 0.05) is 10.9 Å². The van der Waals surface area contributed by atoms with Gasteiger partial charge in [-0.1, -0.05) is 24.3 Å². The number of aromatic amines is 1. The van der Waals surface area contributed by atoms with Gasteiger partial charge in [-0.25, -0.2) is 18.2 Å². The first-order chi connectivity index (χ1) is 12.0. The maximum atomic E-state index is 12.3. The Morgan fingerprint density at radius 1 is 1.12 bits per heavy atom. The van der Waals surface area contributed by atoms with E-state index in [1.54, 1.807) is 41.8 Å². The van der Waals surface area contributed by atoms with E-state index in [9.17, 15) is 13.2 Å². The Morgan fingerprint density at radius 3 is 2.72 bits per heavy atom. The summed E-state index contributed by atoms with van der Waals surface area (Å²) in [7, 11) is -3.68. The van der Waals surface area contributed by atoms with Gasteiger partial charge in [-0.05, 0) is 24.3 Å². The van der Waals surface area contributed by atoms with Crippen LogP contribution in [0.4, 0.5) is 5.13 Å². The molecule has 0 saturated carbocycles. The predicted octanol–water partition coefficient (Wildman–Crippen LogP) is 3.05. The number of aromatic nitrogens is 2. The van der Waals surface area contributed by atoms with Crippen molar-refractivity contribution in [3.05, 3.63) is 64.5 Å². The minimum absolute atomic E-state index is 0.169. The third-order valence-electron chi connectivity index (χ3n) is 3.50. The summed E-state index contributed by atoms with van der Waals surface area (Å²) in [5.74, 6) is -0.526. The van der Waals surface area contributed by atoms with E-state index in [4.69, 9.17) is 4.42 Å². The van der Waals surface area contributed by atoms with Crippen molar-refractivity contribution in [3.63, 3.8) is 0 Å². The molecule has 0 spiro atoms. The van der Waals surface area contributed by atoms with Crippen molar-refractivity contribution in [2.24, 2.45) is 0 Å². The minimum Gasteiger partial charge on any atom is -0.408 e. The van der Waals surface area contributed by atoms with Crippen molar-refractivity contribution in [2.75, 3.05) is 4.72 Å². The van der Waals surface area contributed by atoms with Gasteiger partial charge in [0.2, 0.25) is 0 Å². The molecule has 0 amide bonds. The average Bonchev–Trinajstić information content (AvgIpc) is 3.20. The fourth-order valence-corrected chi connectivity index (χ4v) is 4.32. The number of thiazole rings is 1. The summed E-state index contributed by atoms with van der Waals surface area (Å²) in [6, 6.07) is 13.2. The predicted molar refractivity (Wildman–Crippen MR) is 95.2 cm³/mol. The smallest absolute Gasteiger partial charge is 0.408 e. The van der Waals surface area contributed by atoms with Crippen molar-refractivity contribution >= 4 is 37.6 Å². The molecule has 7 nitrogen and oxygen atoms in total. The van der Waals surface area contributed by atoms with Crippen molar-refractivity contribution < 1.29 is 12.8 Å². The highest BCUT2D eigenvalue weighted by atomic mass is 32.2. The summed E-state index contributed by atoms with van der Waals surface area (Å²) in [5.41, 5.74) is 2.31. The largest absolute Gasteiger partial charge is 0.417 e. The molecule has 0 aliphatic rings. The van der Waals surface area contributed by atoms with E-state index in [0.717, 1.165) is 5.56 Å². The number of oxazole rings is 1. The number of rotatable bonds is 4. The van der Waals surface area contributed by atoms with Crippen LogP contribution in [0.2, 0.25) is 0 Å². The normalized spacial score (nSPS) is 11.7. The van der Waals surface area contributed by atoms with E-state index >= 15 is 0 Å². The van der Waals surface area contributed by atoms with Gasteiger partial charge in [-0.3, -0.25) is 9.71 Å². The van der Waals surface area contributed by atoms with Crippen LogP contribution in [-0.2, 0) is 10.0 Å². The minimum atomic E-state index is -3.68. The molecule has 2 aromatic heterocycles. The van der Waals surface area contributed by atoms with Crippen molar-refractivity contribution in [3.8, 4) is 11.3 Å². The molecular formula is C16H11N3O4S2. The number of hydrogen-bond acceptors (Lipinski definition) is 6. The molecule has 0 saturated heterocycles. The number of hydrogen-bond donors (Lipinski definition) is 2.